The number of benzene rings is 1. The molecule has 3 aromatic rings. The second-order valence-electron chi connectivity index (χ2n) is 9.83. The van der Waals surface area contributed by atoms with Crippen LogP contribution in [0.15, 0.2) is 40.2 Å². The molecule has 1 saturated heterocycles. The van der Waals surface area contributed by atoms with Gasteiger partial charge in [-0.05, 0) is 60.4 Å². The Labute approximate surface area is 214 Å². The number of β-amino-alcohol motifs (C(OH)–C–C–N with tert-alkyl or cyclic N) is 1. The number of nitrogens with one attached hydrogen (secondary N) is 1. The van der Waals surface area contributed by atoms with Gasteiger partial charge >= 0.3 is 0 Å². The SMILES string of the molecule is Cc1cc([C@H](C(=O)N2C[C@H](O)[C@H](F)[C@H]2C(=O)NCc2ccc(-c3sccc3C)cc2C)C(C)C)on1. The normalized spacial score (nSPS) is 20.7. The number of likely N-dealkylation sites (tertiary alicyclic amines) is 1. The lowest BCUT2D eigenvalue weighted by Crippen LogP contribution is -2.50. The topological polar surface area (TPSA) is 95.7 Å². The highest BCUT2D eigenvalue weighted by Gasteiger charge is 2.50. The summed E-state index contributed by atoms with van der Waals surface area (Å²) in [4.78, 5) is 29.0. The average molecular weight is 514 g/mol. The van der Waals surface area contributed by atoms with Crippen LogP contribution in [-0.4, -0.2) is 51.8 Å². The fourth-order valence-corrected chi connectivity index (χ4v) is 5.67. The second-order valence-corrected chi connectivity index (χ2v) is 10.7. The van der Waals surface area contributed by atoms with E-state index in [0.29, 0.717) is 11.5 Å². The average Bonchev–Trinajstić information content (AvgIpc) is 3.52. The van der Waals surface area contributed by atoms with E-state index in [1.54, 1.807) is 24.3 Å². The van der Waals surface area contributed by atoms with Crippen LogP contribution in [0, 0.1) is 26.7 Å². The smallest absolute Gasteiger partial charge is 0.246 e. The summed E-state index contributed by atoms with van der Waals surface area (Å²) in [5.74, 6) is -1.67. The molecular weight excluding hydrogens is 481 g/mol. The maximum Gasteiger partial charge on any atom is 0.246 e. The molecule has 1 aromatic carbocycles. The third-order valence-electron chi connectivity index (χ3n) is 6.75. The first-order chi connectivity index (χ1) is 17.1. The van der Waals surface area contributed by atoms with Gasteiger partial charge in [-0.2, -0.15) is 0 Å². The van der Waals surface area contributed by atoms with Crippen LogP contribution in [0.5, 0.6) is 0 Å². The zero-order valence-corrected chi connectivity index (χ0v) is 21.9. The van der Waals surface area contributed by atoms with Crippen molar-refractivity contribution in [1.82, 2.24) is 15.4 Å². The fourth-order valence-electron chi connectivity index (χ4n) is 4.75. The predicted octanol–water partition coefficient (Wildman–Crippen LogP) is 4.29. The van der Waals surface area contributed by atoms with Crippen molar-refractivity contribution in [1.29, 1.82) is 0 Å². The number of hydrogen-bond acceptors (Lipinski definition) is 6. The Morgan fingerprint density at radius 2 is 1.97 bits per heavy atom. The Balaban J connectivity index is 1.50. The van der Waals surface area contributed by atoms with Crippen molar-refractivity contribution in [2.45, 2.75) is 65.4 Å². The molecule has 1 aliphatic heterocycles. The van der Waals surface area contributed by atoms with Gasteiger partial charge < -0.3 is 19.8 Å². The summed E-state index contributed by atoms with van der Waals surface area (Å²) in [5.41, 5.74) is 4.83. The van der Waals surface area contributed by atoms with Gasteiger partial charge in [0, 0.05) is 17.5 Å². The van der Waals surface area contributed by atoms with Crippen LogP contribution in [0.1, 0.15) is 47.9 Å². The minimum Gasteiger partial charge on any atom is -0.388 e. The second kappa shape index (κ2) is 10.5. The number of carbonyl (C=O) groups is 2. The number of rotatable bonds is 7. The van der Waals surface area contributed by atoms with Gasteiger partial charge in [-0.15, -0.1) is 11.3 Å². The van der Waals surface area contributed by atoms with Gasteiger partial charge in [-0.25, -0.2) is 4.39 Å². The molecule has 2 amide bonds. The number of aromatic nitrogens is 1. The van der Waals surface area contributed by atoms with Crippen molar-refractivity contribution in [3.8, 4) is 10.4 Å². The van der Waals surface area contributed by atoms with Gasteiger partial charge in [-0.1, -0.05) is 37.2 Å². The van der Waals surface area contributed by atoms with Crippen LogP contribution in [0.2, 0.25) is 0 Å². The number of carbonyl (C=O) groups excluding carboxylic acids is 2. The number of aliphatic hydroxyl groups is 1. The zero-order valence-electron chi connectivity index (χ0n) is 21.1. The van der Waals surface area contributed by atoms with E-state index in [2.05, 4.69) is 34.9 Å². The molecule has 192 valence electrons. The number of halogens is 1. The zero-order chi connectivity index (χ0) is 26.1. The van der Waals surface area contributed by atoms with E-state index in [4.69, 9.17) is 4.52 Å². The Hall–Kier alpha value is -3.04. The lowest BCUT2D eigenvalue weighted by atomic mass is 9.91. The highest BCUT2D eigenvalue weighted by atomic mass is 32.1. The molecule has 0 bridgehead atoms. The van der Waals surface area contributed by atoms with E-state index in [1.807, 2.05) is 32.9 Å². The first-order valence-corrected chi connectivity index (χ1v) is 12.9. The molecule has 4 atom stereocenters. The molecular formula is C27H32FN3O4S. The highest BCUT2D eigenvalue weighted by molar-refractivity contribution is 7.13. The molecule has 0 radical (unpaired) electrons. The molecule has 0 saturated carbocycles. The van der Waals surface area contributed by atoms with Gasteiger partial charge in [0.25, 0.3) is 0 Å². The molecule has 36 heavy (non-hydrogen) atoms. The van der Waals surface area contributed by atoms with Crippen LogP contribution >= 0.6 is 11.3 Å². The summed E-state index contributed by atoms with van der Waals surface area (Å²) in [5, 5.41) is 18.9. The number of nitrogens with zero attached hydrogens (tertiary/aromatic N) is 2. The van der Waals surface area contributed by atoms with E-state index in [-0.39, 0.29) is 19.0 Å². The van der Waals surface area contributed by atoms with Crippen LogP contribution in [0.4, 0.5) is 4.39 Å². The molecule has 7 nitrogen and oxygen atoms in total. The summed E-state index contributed by atoms with van der Waals surface area (Å²) in [6.07, 6.45) is -3.33. The molecule has 2 N–H and O–H groups in total. The summed E-state index contributed by atoms with van der Waals surface area (Å²) < 4.78 is 20.4. The molecule has 4 rings (SSSR count). The Morgan fingerprint density at radius 1 is 1.22 bits per heavy atom. The van der Waals surface area contributed by atoms with Crippen molar-refractivity contribution < 1.29 is 23.6 Å². The van der Waals surface area contributed by atoms with E-state index in [1.165, 1.54) is 10.4 Å². The minimum absolute atomic E-state index is 0.183. The minimum atomic E-state index is -1.89. The molecule has 1 aliphatic rings. The van der Waals surface area contributed by atoms with E-state index in [0.717, 1.165) is 21.6 Å². The number of hydrogen-bond donors (Lipinski definition) is 2. The highest BCUT2D eigenvalue weighted by Crippen LogP contribution is 2.33. The summed E-state index contributed by atoms with van der Waals surface area (Å²) in [6, 6.07) is 8.35. The largest absolute Gasteiger partial charge is 0.388 e. The van der Waals surface area contributed by atoms with Crippen molar-refractivity contribution in [2.24, 2.45) is 5.92 Å². The summed E-state index contributed by atoms with van der Waals surface area (Å²) in [7, 11) is 0. The number of aryl methyl sites for hydroxylation is 3. The lowest BCUT2D eigenvalue weighted by molar-refractivity contribution is -0.142. The van der Waals surface area contributed by atoms with Crippen LogP contribution in [-0.2, 0) is 16.1 Å². The Morgan fingerprint density at radius 3 is 2.56 bits per heavy atom. The van der Waals surface area contributed by atoms with Gasteiger partial charge in [0.15, 0.2) is 6.17 Å². The van der Waals surface area contributed by atoms with Gasteiger partial charge in [0.1, 0.15) is 23.8 Å². The van der Waals surface area contributed by atoms with Gasteiger partial charge in [0.05, 0.1) is 12.2 Å². The van der Waals surface area contributed by atoms with Crippen molar-refractivity contribution >= 4 is 23.2 Å². The van der Waals surface area contributed by atoms with Gasteiger partial charge in [0.2, 0.25) is 11.8 Å². The first-order valence-electron chi connectivity index (χ1n) is 12.1. The molecule has 0 spiro atoms. The number of alkyl halides is 1. The summed E-state index contributed by atoms with van der Waals surface area (Å²) in [6.45, 7) is 9.40. The van der Waals surface area contributed by atoms with Crippen molar-refractivity contribution in [3.63, 3.8) is 0 Å². The maximum absolute atomic E-state index is 15.0. The van der Waals surface area contributed by atoms with E-state index in [9.17, 15) is 14.7 Å². The Kier molecular flexibility index (Phi) is 7.61. The van der Waals surface area contributed by atoms with Crippen molar-refractivity contribution in [2.75, 3.05) is 6.54 Å². The molecule has 2 aromatic heterocycles. The van der Waals surface area contributed by atoms with Gasteiger partial charge in [-0.3, -0.25) is 9.59 Å². The monoisotopic (exact) mass is 513 g/mol. The molecule has 3 heterocycles. The van der Waals surface area contributed by atoms with E-state index >= 15 is 4.39 Å². The Bertz CT molecular complexity index is 1250. The van der Waals surface area contributed by atoms with Crippen LogP contribution in [0.25, 0.3) is 10.4 Å². The third kappa shape index (κ3) is 5.08. The molecule has 0 aliphatic carbocycles. The quantitative estimate of drug-likeness (QED) is 0.491. The number of aliphatic hydroxyl groups excluding tert-OH is 1. The molecule has 0 unspecified atom stereocenters. The third-order valence-corrected chi connectivity index (χ3v) is 7.81. The lowest BCUT2D eigenvalue weighted by Gasteiger charge is -2.29. The molecule has 1 fully saturated rings. The number of thiophene rings is 1. The fraction of sp³-hybridized carbons (Fsp3) is 0.444. The maximum atomic E-state index is 15.0. The van der Waals surface area contributed by atoms with Crippen LogP contribution < -0.4 is 5.32 Å². The molecule has 9 heteroatoms. The summed E-state index contributed by atoms with van der Waals surface area (Å²) >= 11 is 1.68. The first kappa shape index (κ1) is 26.0. The predicted molar refractivity (Wildman–Crippen MR) is 136 cm³/mol. The van der Waals surface area contributed by atoms with E-state index < -0.39 is 36.0 Å². The van der Waals surface area contributed by atoms with Crippen molar-refractivity contribution in [3.05, 3.63) is 63.9 Å². The van der Waals surface area contributed by atoms with Crippen LogP contribution in [0.3, 0.4) is 0 Å². The standard InChI is InChI=1S/C27H32FN3O4S/c1-14(2)22(21-11-17(5)30-35-21)27(34)31-13-20(32)23(28)24(31)26(33)29-12-19-7-6-18(10-16(19)4)25-15(3)8-9-36-25/h6-11,14,20,22-24,32H,12-13H2,1-5H3,(H,29,33)/t20-,22+,23-,24-/m0/s1. The number of amides is 2.